The average molecular weight is 1350 g/mol. The molecular weight excluding hydrogens is 1270 g/mol. The molecule has 27 heteroatoms. The number of amides is 1. The first-order valence-electron chi connectivity index (χ1n) is 27.6. The number of hydrogen-bond donors (Lipinski definition) is 5. The fourth-order valence-electron chi connectivity index (χ4n) is 8.86. The van der Waals surface area contributed by atoms with E-state index < -0.39 is 25.6 Å². The van der Waals surface area contributed by atoms with Crippen molar-refractivity contribution in [2.24, 2.45) is 16.0 Å². The second-order valence-electron chi connectivity index (χ2n) is 22.5. The number of carbonyl (C=O) groups excluding carboxylic acids is 2. The van der Waals surface area contributed by atoms with Crippen molar-refractivity contribution < 1.29 is 54.8 Å². The summed E-state index contributed by atoms with van der Waals surface area (Å²) in [6, 6.07) is 28.6. The number of likely N-dealkylation sites (tertiary alicyclic amines) is 1. The first-order valence-corrected chi connectivity index (χ1v) is 31.8. The number of halogens is 1. The standard InChI is InChI=1S/C30H36N6O6S.C21H19IN4O4S.C5H10O2.C4H10N2/c1-19-6-11-23(25(16-19)43(31,38)39)41-24-12-14-32-28-26(24)27(34-36(28)17-20-7-9-22(40-5)10-8-20)33-21-13-15-35(18-21)29(37)42-30(2,3)4;1-13-3-8-16(18(11-13)31(23,27)28)30-17-9-10-24-21-19(17)20(22)25-26(21)12-14-4-6-15(29-2)7-5-14;1-5(2,3)7-4-6;5-4-1-2-6-3-4/h6-12,14,16,21H,13,15,17-18H2,1-5H3,(H,33,34)(H2,31,38,39);3-11H,12H2,1-2H3,(H2,23,27,28);4H,1-3H3;4,6H,1-3,5H2/t21-;;;4-/m1..1/s1. The number of nitrogens with zero attached hydrogens (tertiary/aromatic N) is 7. The van der Waals surface area contributed by atoms with Gasteiger partial charge in [0.05, 0.1) is 32.7 Å². The van der Waals surface area contributed by atoms with Gasteiger partial charge in [0.15, 0.2) is 17.1 Å². The van der Waals surface area contributed by atoms with Gasteiger partial charge in [-0.05, 0) is 168 Å². The van der Waals surface area contributed by atoms with Gasteiger partial charge in [-0.2, -0.15) is 10.2 Å². The molecule has 8 N–H and O–H groups in total. The SMILES string of the molecule is CC(C)(C)OC=O.COc1ccc(Cn2nc(I)c3c(Oc4ccc(C)cc4S(N)(=O)=O)ccnc32)cc1.COc1ccc(Cn2nc(N[C@@H]3CCN(C(=O)OC(C)(C)C)C3)c3c(Oc4ccc(C)cc4S(N)(=O)=O)ccnc32)cc1.N[C@@H]1CCNC1. The molecular formula is C60H75IN12O12S2. The predicted molar refractivity (Wildman–Crippen MR) is 339 cm³/mol. The van der Waals surface area contributed by atoms with Crippen LogP contribution in [0, 0.1) is 17.5 Å². The van der Waals surface area contributed by atoms with E-state index in [-0.39, 0.29) is 39.0 Å². The van der Waals surface area contributed by atoms with Crippen LogP contribution in [-0.4, -0.2) is 128 Å². The molecule has 2 saturated heterocycles. The molecule has 0 bridgehead atoms. The minimum atomic E-state index is -4.06. The van der Waals surface area contributed by atoms with Crippen molar-refractivity contribution in [1.29, 1.82) is 0 Å². The molecule has 0 unspecified atom stereocenters. The molecule has 6 heterocycles. The fraction of sp³-hybridized carbons (Fsp3) is 0.367. The van der Waals surface area contributed by atoms with Crippen LogP contribution in [0.4, 0.5) is 10.6 Å². The van der Waals surface area contributed by atoms with Gasteiger partial charge >= 0.3 is 6.09 Å². The van der Waals surface area contributed by atoms with Gasteiger partial charge in [-0.1, -0.05) is 36.4 Å². The Bertz CT molecular complexity index is 3900. The van der Waals surface area contributed by atoms with Crippen LogP contribution in [0.25, 0.3) is 22.1 Å². The van der Waals surface area contributed by atoms with Gasteiger partial charge < -0.3 is 49.7 Å². The molecule has 4 aromatic heterocycles. The van der Waals surface area contributed by atoms with Crippen LogP contribution in [0.15, 0.2) is 119 Å². The third-order valence-electron chi connectivity index (χ3n) is 13.1. The number of anilines is 1. The van der Waals surface area contributed by atoms with Gasteiger partial charge in [0.1, 0.15) is 64.6 Å². The van der Waals surface area contributed by atoms with Crippen LogP contribution in [0.1, 0.15) is 76.6 Å². The van der Waals surface area contributed by atoms with Crippen molar-refractivity contribution in [3.8, 4) is 34.5 Å². The monoisotopic (exact) mass is 1350 g/mol. The molecule has 0 radical (unpaired) electrons. The number of sulfonamides is 2. The molecule has 1 amide bonds. The predicted octanol–water partition coefficient (Wildman–Crippen LogP) is 8.76. The molecule has 24 nitrogen and oxygen atoms in total. The van der Waals surface area contributed by atoms with Gasteiger partial charge in [-0.25, -0.2) is 51.2 Å². The van der Waals surface area contributed by atoms with E-state index in [1.165, 1.54) is 12.1 Å². The van der Waals surface area contributed by atoms with E-state index >= 15 is 0 Å². The molecule has 0 spiro atoms. The molecule has 2 aliphatic heterocycles. The van der Waals surface area contributed by atoms with E-state index in [9.17, 15) is 26.4 Å². The van der Waals surface area contributed by atoms with Gasteiger partial charge in [0, 0.05) is 56.2 Å². The van der Waals surface area contributed by atoms with Gasteiger partial charge in [-0.15, -0.1) is 0 Å². The Balaban J connectivity index is 0.000000212. The lowest BCUT2D eigenvalue weighted by Gasteiger charge is -2.24. The second-order valence-corrected chi connectivity index (χ2v) is 26.6. The smallest absolute Gasteiger partial charge is 0.410 e. The zero-order valence-corrected chi connectivity index (χ0v) is 54.0. The number of nitrogens with two attached hydrogens (primary N) is 3. The number of primary sulfonamides is 2. The summed E-state index contributed by atoms with van der Waals surface area (Å²) < 4.78 is 85.9. The molecule has 10 rings (SSSR count). The zero-order valence-electron chi connectivity index (χ0n) is 50.2. The average Bonchev–Trinajstić information content (AvgIpc) is 1.80. The first-order chi connectivity index (χ1) is 41.0. The number of aryl methyl sites for hydroxylation is 2. The lowest BCUT2D eigenvalue weighted by atomic mass is 10.2. The molecule has 8 aromatic rings. The van der Waals surface area contributed by atoms with Crippen molar-refractivity contribution in [2.75, 3.05) is 45.7 Å². The fourth-order valence-corrected chi connectivity index (χ4v) is 11.1. The number of ether oxygens (including phenoxy) is 6. The normalized spacial score (nSPS) is 15.0. The Hall–Kier alpha value is -7.67. The topological polar surface area (TPSA) is 325 Å². The van der Waals surface area contributed by atoms with Crippen molar-refractivity contribution in [3.63, 3.8) is 0 Å². The van der Waals surface area contributed by atoms with E-state index in [0.29, 0.717) is 88.2 Å². The van der Waals surface area contributed by atoms with E-state index in [0.717, 1.165) is 53.3 Å². The quantitative estimate of drug-likeness (QED) is 0.0473. The molecule has 4 aromatic carbocycles. The molecule has 2 atom stereocenters. The highest BCUT2D eigenvalue weighted by Crippen LogP contribution is 2.39. The van der Waals surface area contributed by atoms with Crippen molar-refractivity contribution >= 4 is 83.1 Å². The third kappa shape index (κ3) is 18.9. The van der Waals surface area contributed by atoms with E-state index in [1.807, 2.05) is 90.1 Å². The van der Waals surface area contributed by atoms with Crippen molar-refractivity contribution in [1.82, 2.24) is 39.7 Å². The summed E-state index contributed by atoms with van der Waals surface area (Å²) in [5, 5.41) is 28.2. The summed E-state index contributed by atoms with van der Waals surface area (Å²) in [6.07, 6.45) is 4.64. The van der Waals surface area contributed by atoms with Gasteiger partial charge in [-0.3, -0.25) is 4.79 Å². The van der Waals surface area contributed by atoms with Crippen LogP contribution in [0.2, 0.25) is 0 Å². The Morgan fingerprint density at radius 3 is 1.61 bits per heavy atom. The number of hydrogen-bond acceptors (Lipinski definition) is 19. The minimum absolute atomic E-state index is 0.0712. The minimum Gasteiger partial charge on any atom is -0.497 e. The lowest BCUT2D eigenvalue weighted by Crippen LogP contribution is -2.36. The summed E-state index contributed by atoms with van der Waals surface area (Å²) in [5.41, 5.74) is 9.20. The number of pyridine rings is 2. The van der Waals surface area contributed by atoms with E-state index in [2.05, 4.69) is 53.0 Å². The first kappa shape index (κ1) is 66.8. The Morgan fingerprint density at radius 2 is 1.20 bits per heavy atom. The maximum Gasteiger partial charge on any atom is 0.410 e. The summed E-state index contributed by atoms with van der Waals surface area (Å²) in [5.74, 6) is 3.05. The highest BCUT2D eigenvalue weighted by Gasteiger charge is 2.32. The third-order valence-corrected chi connectivity index (χ3v) is 15.7. The van der Waals surface area contributed by atoms with Crippen LogP contribution in [-0.2, 0) is 47.4 Å². The summed E-state index contributed by atoms with van der Waals surface area (Å²) in [4.78, 5) is 32.8. The highest BCUT2D eigenvalue weighted by atomic mass is 127. The number of nitrogens with one attached hydrogen (secondary N) is 2. The zero-order chi connectivity index (χ0) is 63.4. The summed E-state index contributed by atoms with van der Waals surface area (Å²) in [7, 11) is -4.78. The van der Waals surface area contributed by atoms with Crippen LogP contribution < -0.4 is 45.6 Å². The molecule has 87 heavy (non-hydrogen) atoms. The number of methoxy groups -OCH3 is 2. The number of aromatic nitrogens is 6. The highest BCUT2D eigenvalue weighted by molar-refractivity contribution is 14.1. The molecule has 0 saturated carbocycles. The van der Waals surface area contributed by atoms with Crippen LogP contribution in [0.3, 0.4) is 0 Å². The van der Waals surface area contributed by atoms with Crippen molar-refractivity contribution in [3.05, 3.63) is 135 Å². The Morgan fingerprint density at radius 1 is 0.701 bits per heavy atom. The summed E-state index contributed by atoms with van der Waals surface area (Å²) >= 11 is 2.12. The van der Waals surface area contributed by atoms with Gasteiger partial charge in [0.2, 0.25) is 20.0 Å². The number of benzene rings is 4. The molecule has 0 aliphatic carbocycles. The Labute approximate surface area is 520 Å². The largest absolute Gasteiger partial charge is 0.497 e. The number of rotatable bonds is 15. The lowest BCUT2D eigenvalue weighted by molar-refractivity contribution is -0.138. The van der Waals surface area contributed by atoms with Crippen LogP contribution >= 0.6 is 22.6 Å². The second kappa shape index (κ2) is 28.9. The van der Waals surface area contributed by atoms with E-state index in [4.69, 9.17) is 44.8 Å². The van der Waals surface area contributed by atoms with Crippen molar-refractivity contribution in [2.45, 2.75) is 114 Å². The molecule has 2 aliphatic rings. The number of carbonyl (C=O) groups is 2. The maximum absolute atomic E-state index is 12.7. The van der Waals surface area contributed by atoms with E-state index in [1.54, 1.807) is 91.1 Å². The summed E-state index contributed by atoms with van der Waals surface area (Å²) in [6.45, 7) is 19.0. The molecule has 2 fully saturated rings. The van der Waals surface area contributed by atoms with Crippen LogP contribution in [0.5, 0.6) is 34.5 Å². The number of fused-ring (bicyclic) bond motifs is 2. The maximum atomic E-state index is 12.7. The Kier molecular flexibility index (Phi) is 22.2. The molecule has 466 valence electrons. The van der Waals surface area contributed by atoms with Gasteiger partial charge in [0.25, 0.3) is 6.47 Å².